The Balaban J connectivity index is 0. The third kappa shape index (κ3) is 6.68. The summed E-state index contributed by atoms with van der Waals surface area (Å²) in [7, 11) is 0. The van der Waals surface area contributed by atoms with Gasteiger partial charge in [-0.15, -0.1) is 0 Å². The van der Waals surface area contributed by atoms with E-state index in [1.165, 1.54) is 0 Å². The van der Waals surface area contributed by atoms with Gasteiger partial charge >= 0.3 is 30.8 Å². The number of unbranched alkanes of at least 4 members (excludes halogenated alkanes) is 2. The van der Waals surface area contributed by atoms with E-state index in [9.17, 15) is 9.59 Å². The minimum absolute atomic E-state index is 0. The van der Waals surface area contributed by atoms with E-state index in [1.54, 1.807) is 0 Å². The van der Waals surface area contributed by atoms with E-state index >= 15 is 0 Å². The molecule has 0 spiro atoms. The number of carbonyl (C=O) groups is 2. The molecule has 0 aromatic rings. The SMILES string of the molecule is CCCCCC(C(=O)O)C(=O)O.[LiH]. The van der Waals surface area contributed by atoms with Gasteiger partial charge in [-0.05, 0) is 6.42 Å². The molecule has 0 aliphatic carbocycles. The van der Waals surface area contributed by atoms with E-state index in [-0.39, 0.29) is 25.3 Å². The van der Waals surface area contributed by atoms with Crippen LogP contribution in [0, 0.1) is 5.92 Å². The van der Waals surface area contributed by atoms with Gasteiger partial charge in [0.2, 0.25) is 0 Å². The van der Waals surface area contributed by atoms with Gasteiger partial charge in [0.25, 0.3) is 0 Å². The first-order valence-electron chi connectivity index (χ1n) is 4.05. The fourth-order valence-corrected chi connectivity index (χ4v) is 0.951. The Morgan fingerprint density at radius 1 is 1.15 bits per heavy atom. The van der Waals surface area contributed by atoms with Crippen LogP contribution in [0.25, 0.3) is 0 Å². The van der Waals surface area contributed by atoms with Crippen molar-refractivity contribution in [2.75, 3.05) is 0 Å². The van der Waals surface area contributed by atoms with Crippen LogP contribution < -0.4 is 0 Å². The molecule has 0 aliphatic rings. The Labute approximate surface area is 89.5 Å². The molecular formula is C8H15LiO4. The van der Waals surface area contributed by atoms with Gasteiger partial charge < -0.3 is 10.2 Å². The third-order valence-corrected chi connectivity index (χ3v) is 1.69. The zero-order valence-electron chi connectivity index (χ0n) is 7.12. The number of hydrogen-bond donors (Lipinski definition) is 2. The maximum absolute atomic E-state index is 10.4. The average Bonchev–Trinajstić information content (AvgIpc) is 1.96. The van der Waals surface area contributed by atoms with E-state index in [0.29, 0.717) is 6.42 Å². The molecule has 2 N–H and O–H groups in total. The average molecular weight is 182 g/mol. The van der Waals surface area contributed by atoms with Gasteiger partial charge in [0.15, 0.2) is 5.92 Å². The van der Waals surface area contributed by atoms with Crippen LogP contribution in [0.1, 0.15) is 32.6 Å². The monoisotopic (exact) mass is 182 g/mol. The molecule has 72 valence electrons. The predicted octanol–water partition coefficient (Wildman–Crippen LogP) is 0.704. The molecule has 0 rings (SSSR count). The molecule has 0 saturated heterocycles. The normalized spacial score (nSPS) is 9.38. The van der Waals surface area contributed by atoms with Crippen molar-refractivity contribution in [3.63, 3.8) is 0 Å². The molecule has 0 aromatic carbocycles. The molecular weight excluding hydrogens is 167 g/mol. The van der Waals surface area contributed by atoms with Crippen LogP contribution in [0.3, 0.4) is 0 Å². The van der Waals surface area contributed by atoms with Gasteiger partial charge in [-0.2, -0.15) is 0 Å². The molecule has 0 aliphatic heterocycles. The summed E-state index contributed by atoms with van der Waals surface area (Å²) in [6, 6.07) is 0. The molecule has 0 fully saturated rings. The fraction of sp³-hybridized carbons (Fsp3) is 0.750. The predicted molar refractivity (Wildman–Crippen MR) is 50.1 cm³/mol. The molecule has 0 unspecified atom stereocenters. The van der Waals surface area contributed by atoms with Crippen LogP contribution in [0.4, 0.5) is 0 Å². The fourth-order valence-electron chi connectivity index (χ4n) is 0.951. The van der Waals surface area contributed by atoms with Gasteiger partial charge in [0, 0.05) is 0 Å². The number of rotatable bonds is 6. The molecule has 0 atom stereocenters. The summed E-state index contributed by atoms with van der Waals surface area (Å²) in [6.45, 7) is 1.98. The first-order chi connectivity index (χ1) is 5.59. The number of carboxylic acids is 2. The summed E-state index contributed by atoms with van der Waals surface area (Å²) < 4.78 is 0. The Hall–Kier alpha value is -0.463. The summed E-state index contributed by atoms with van der Waals surface area (Å²) in [4.78, 5) is 20.7. The van der Waals surface area contributed by atoms with E-state index in [2.05, 4.69) is 0 Å². The van der Waals surface area contributed by atoms with Gasteiger partial charge in [-0.25, -0.2) is 0 Å². The van der Waals surface area contributed by atoms with Crippen LogP contribution in [0.2, 0.25) is 0 Å². The third-order valence-electron chi connectivity index (χ3n) is 1.69. The first kappa shape index (κ1) is 15.0. The Morgan fingerprint density at radius 2 is 1.62 bits per heavy atom. The molecule has 5 heteroatoms. The van der Waals surface area contributed by atoms with Gasteiger partial charge in [-0.1, -0.05) is 26.2 Å². The second-order valence-corrected chi connectivity index (χ2v) is 2.72. The van der Waals surface area contributed by atoms with Crippen molar-refractivity contribution >= 4 is 30.8 Å². The van der Waals surface area contributed by atoms with Crippen molar-refractivity contribution in [3.8, 4) is 0 Å². The Bertz CT molecular complexity index is 156. The van der Waals surface area contributed by atoms with Crippen LogP contribution in [0.15, 0.2) is 0 Å². The van der Waals surface area contributed by atoms with E-state index in [1.807, 2.05) is 6.92 Å². The van der Waals surface area contributed by atoms with Gasteiger partial charge in [0.05, 0.1) is 0 Å². The van der Waals surface area contributed by atoms with Crippen LogP contribution in [-0.2, 0) is 9.59 Å². The number of aliphatic carboxylic acids is 2. The summed E-state index contributed by atoms with van der Waals surface area (Å²) in [6.07, 6.45) is 2.75. The molecule has 0 radical (unpaired) electrons. The summed E-state index contributed by atoms with van der Waals surface area (Å²) in [5, 5.41) is 16.9. The van der Waals surface area contributed by atoms with E-state index < -0.39 is 17.9 Å². The molecule has 0 heterocycles. The first-order valence-corrected chi connectivity index (χ1v) is 4.05. The molecule has 0 aromatic heterocycles. The minimum atomic E-state index is -1.24. The van der Waals surface area contributed by atoms with Crippen molar-refractivity contribution in [3.05, 3.63) is 0 Å². The summed E-state index contributed by atoms with van der Waals surface area (Å²) in [5.41, 5.74) is 0. The van der Waals surface area contributed by atoms with Crippen molar-refractivity contribution < 1.29 is 19.8 Å². The summed E-state index contributed by atoms with van der Waals surface area (Å²) >= 11 is 0. The quantitative estimate of drug-likeness (QED) is 0.360. The maximum atomic E-state index is 10.4. The second kappa shape index (κ2) is 8.15. The topological polar surface area (TPSA) is 74.6 Å². The van der Waals surface area contributed by atoms with E-state index in [4.69, 9.17) is 10.2 Å². The zero-order valence-corrected chi connectivity index (χ0v) is 7.12. The standard InChI is InChI=1S/C8H14O4.Li.H/c1-2-3-4-5-6(7(9)10)8(11)12;;/h6H,2-5H2,1H3,(H,9,10)(H,11,12);;. The van der Waals surface area contributed by atoms with Crippen LogP contribution in [-0.4, -0.2) is 41.0 Å². The number of carboxylic acid groups (broad SMARTS) is 2. The van der Waals surface area contributed by atoms with Crippen LogP contribution in [0.5, 0.6) is 0 Å². The van der Waals surface area contributed by atoms with Crippen molar-refractivity contribution in [2.45, 2.75) is 32.6 Å². The van der Waals surface area contributed by atoms with Crippen LogP contribution >= 0.6 is 0 Å². The van der Waals surface area contributed by atoms with Gasteiger partial charge in [-0.3, -0.25) is 9.59 Å². The van der Waals surface area contributed by atoms with E-state index in [0.717, 1.165) is 12.8 Å². The zero-order chi connectivity index (χ0) is 9.56. The molecule has 4 nitrogen and oxygen atoms in total. The van der Waals surface area contributed by atoms with Gasteiger partial charge in [0.1, 0.15) is 0 Å². The van der Waals surface area contributed by atoms with Crippen molar-refractivity contribution in [1.82, 2.24) is 0 Å². The Kier molecular flexibility index (Phi) is 9.42. The van der Waals surface area contributed by atoms with Crippen molar-refractivity contribution in [2.24, 2.45) is 5.92 Å². The number of hydrogen-bond acceptors (Lipinski definition) is 2. The molecule has 13 heavy (non-hydrogen) atoms. The molecule has 0 saturated carbocycles. The summed E-state index contributed by atoms with van der Waals surface area (Å²) in [5.74, 6) is -3.70. The Morgan fingerprint density at radius 3 is 1.92 bits per heavy atom. The second-order valence-electron chi connectivity index (χ2n) is 2.72. The molecule has 0 amide bonds. The van der Waals surface area contributed by atoms with Crippen molar-refractivity contribution in [1.29, 1.82) is 0 Å². The molecule has 0 bridgehead atoms.